The van der Waals surface area contributed by atoms with Crippen LogP contribution in [0.15, 0.2) is 30.4 Å². The Morgan fingerprint density at radius 1 is 1.15 bits per heavy atom. The second kappa shape index (κ2) is 15.0. The Labute approximate surface area is 158 Å². The molecule has 0 fully saturated rings. The molecule has 5 heteroatoms. The van der Waals surface area contributed by atoms with Crippen molar-refractivity contribution in [1.82, 2.24) is 5.32 Å². The van der Waals surface area contributed by atoms with Gasteiger partial charge in [-0.25, -0.2) is 0 Å². The average Bonchev–Trinajstić information content (AvgIpc) is 2.61. The van der Waals surface area contributed by atoms with Gasteiger partial charge < -0.3 is 14.8 Å². The molecule has 1 aromatic carbocycles. The maximum atomic E-state index is 11.5. The lowest BCUT2D eigenvalue weighted by Gasteiger charge is -2.12. The van der Waals surface area contributed by atoms with Gasteiger partial charge in [0.15, 0.2) is 23.9 Å². The lowest BCUT2D eigenvalue weighted by molar-refractivity contribution is -0.123. The highest BCUT2D eigenvalue weighted by atomic mass is 16.5. The summed E-state index contributed by atoms with van der Waals surface area (Å²) in [6.45, 7) is 16.9. The fourth-order valence-corrected chi connectivity index (χ4v) is 1.51. The summed E-state index contributed by atoms with van der Waals surface area (Å²) in [6, 6.07) is 4.93. The number of ketones is 1. The van der Waals surface area contributed by atoms with Crippen LogP contribution < -0.4 is 14.8 Å². The molecule has 0 saturated carbocycles. The van der Waals surface area contributed by atoms with Crippen LogP contribution in [0.1, 0.15) is 65.2 Å². The molecule has 0 spiro atoms. The van der Waals surface area contributed by atoms with Gasteiger partial charge in [0, 0.05) is 11.6 Å². The molecule has 0 atom stereocenters. The van der Waals surface area contributed by atoms with Crippen LogP contribution in [-0.4, -0.2) is 31.4 Å². The molecule has 0 aromatic heterocycles. The summed E-state index contributed by atoms with van der Waals surface area (Å²) in [6.07, 6.45) is 1.11. The Hall–Kier alpha value is -2.30. The van der Waals surface area contributed by atoms with Crippen molar-refractivity contribution in [3.63, 3.8) is 0 Å². The summed E-state index contributed by atoms with van der Waals surface area (Å²) in [7, 11) is 1.49. The monoisotopic (exact) mass is 365 g/mol. The minimum absolute atomic E-state index is 0.0533. The normalized spacial score (nSPS) is 9.12. The molecule has 0 unspecified atom stereocenters. The predicted molar refractivity (Wildman–Crippen MR) is 108 cm³/mol. The van der Waals surface area contributed by atoms with E-state index >= 15 is 0 Å². The Kier molecular flexibility index (Phi) is 15.0. The Bertz CT molecular complexity index is 565. The molecule has 0 heterocycles. The van der Waals surface area contributed by atoms with Crippen molar-refractivity contribution in [3.05, 3.63) is 35.9 Å². The van der Waals surface area contributed by atoms with Crippen molar-refractivity contribution in [2.24, 2.45) is 0 Å². The summed E-state index contributed by atoms with van der Waals surface area (Å²) in [5.74, 6) is 0.617. The zero-order chi connectivity index (χ0) is 20.7. The van der Waals surface area contributed by atoms with Gasteiger partial charge in [0.1, 0.15) is 0 Å². The lowest BCUT2D eigenvalue weighted by Crippen LogP contribution is -2.34. The van der Waals surface area contributed by atoms with Crippen LogP contribution >= 0.6 is 0 Å². The van der Waals surface area contributed by atoms with Crippen LogP contribution in [0.5, 0.6) is 11.5 Å². The SMILES string of the molecule is C=C(C)CC.CC.COc1cc(C(C)=O)ccc1OCC(=O)NC(C)C. The van der Waals surface area contributed by atoms with Crippen molar-refractivity contribution >= 4 is 11.7 Å². The van der Waals surface area contributed by atoms with Crippen molar-refractivity contribution < 1.29 is 19.1 Å². The topological polar surface area (TPSA) is 64.6 Å². The summed E-state index contributed by atoms with van der Waals surface area (Å²) < 4.78 is 10.5. The zero-order valence-electron chi connectivity index (χ0n) is 17.6. The number of carbonyl (C=O) groups excluding carboxylic acids is 2. The van der Waals surface area contributed by atoms with E-state index in [1.54, 1.807) is 18.2 Å². The fourth-order valence-electron chi connectivity index (χ4n) is 1.51. The molecule has 0 aliphatic heterocycles. The van der Waals surface area contributed by atoms with E-state index < -0.39 is 0 Å². The van der Waals surface area contributed by atoms with Crippen LogP contribution in [0.25, 0.3) is 0 Å². The summed E-state index contributed by atoms with van der Waals surface area (Å²) in [4.78, 5) is 22.7. The van der Waals surface area contributed by atoms with Crippen molar-refractivity contribution in [2.45, 2.75) is 60.9 Å². The van der Waals surface area contributed by atoms with Gasteiger partial charge >= 0.3 is 0 Å². The molecule has 1 aromatic rings. The largest absolute Gasteiger partial charge is 0.493 e. The smallest absolute Gasteiger partial charge is 0.258 e. The molecular formula is C21H35NO4. The van der Waals surface area contributed by atoms with Crippen molar-refractivity contribution in [2.75, 3.05) is 13.7 Å². The minimum atomic E-state index is -0.201. The molecule has 1 amide bonds. The number of carbonyl (C=O) groups is 2. The number of rotatable bonds is 7. The fraction of sp³-hybridized carbons (Fsp3) is 0.524. The van der Waals surface area contributed by atoms with Gasteiger partial charge in [-0.3, -0.25) is 9.59 Å². The van der Waals surface area contributed by atoms with Gasteiger partial charge in [-0.2, -0.15) is 0 Å². The molecular weight excluding hydrogens is 330 g/mol. The quantitative estimate of drug-likeness (QED) is 0.557. The number of nitrogens with one attached hydrogen (secondary N) is 1. The van der Waals surface area contributed by atoms with E-state index in [2.05, 4.69) is 18.8 Å². The van der Waals surface area contributed by atoms with E-state index in [0.29, 0.717) is 17.1 Å². The number of benzene rings is 1. The van der Waals surface area contributed by atoms with Crippen molar-refractivity contribution in [1.29, 1.82) is 0 Å². The second-order valence-corrected chi connectivity index (χ2v) is 5.74. The first kappa shape index (κ1) is 25.9. The summed E-state index contributed by atoms with van der Waals surface area (Å²) >= 11 is 0. The third kappa shape index (κ3) is 12.1. The van der Waals surface area contributed by atoms with E-state index in [-0.39, 0.29) is 24.3 Å². The predicted octanol–water partition coefficient (Wildman–Crippen LogP) is 4.80. The Morgan fingerprint density at radius 3 is 2.08 bits per heavy atom. The highest BCUT2D eigenvalue weighted by molar-refractivity contribution is 5.94. The maximum Gasteiger partial charge on any atom is 0.258 e. The molecule has 0 radical (unpaired) electrons. The second-order valence-electron chi connectivity index (χ2n) is 5.74. The first-order valence-electron chi connectivity index (χ1n) is 8.96. The molecule has 5 nitrogen and oxygen atoms in total. The van der Waals surface area contributed by atoms with Gasteiger partial charge in [0.05, 0.1) is 7.11 Å². The Morgan fingerprint density at radius 2 is 1.69 bits per heavy atom. The van der Waals surface area contributed by atoms with E-state index in [1.807, 2.05) is 34.6 Å². The summed E-state index contributed by atoms with van der Waals surface area (Å²) in [5.41, 5.74) is 1.79. The molecule has 0 aliphatic rings. The molecule has 1 N–H and O–H groups in total. The number of allylic oxidation sites excluding steroid dienone is 1. The highest BCUT2D eigenvalue weighted by Crippen LogP contribution is 2.28. The molecule has 26 heavy (non-hydrogen) atoms. The third-order valence-corrected chi connectivity index (χ3v) is 2.98. The van der Waals surface area contributed by atoms with Crippen LogP contribution in [0.4, 0.5) is 0 Å². The minimum Gasteiger partial charge on any atom is -0.493 e. The third-order valence-electron chi connectivity index (χ3n) is 2.98. The number of hydrogen-bond donors (Lipinski definition) is 1. The number of hydrogen-bond acceptors (Lipinski definition) is 4. The van der Waals surface area contributed by atoms with Crippen LogP contribution in [0.2, 0.25) is 0 Å². The lowest BCUT2D eigenvalue weighted by atomic mass is 10.1. The molecule has 0 saturated heterocycles. The number of amides is 1. The van der Waals surface area contributed by atoms with Gasteiger partial charge in [-0.15, -0.1) is 6.58 Å². The number of ether oxygens (including phenoxy) is 2. The average molecular weight is 366 g/mol. The first-order chi connectivity index (χ1) is 12.2. The van der Waals surface area contributed by atoms with Gasteiger partial charge in [-0.1, -0.05) is 26.3 Å². The van der Waals surface area contributed by atoms with Crippen LogP contribution in [0.3, 0.4) is 0 Å². The van der Waals surface area contributed by atoms with E-state index in [9.17, 15) is 9.59 Å². The van der Waals surface area contributed by atoms with Gasteiger partial charge in [-0.05, 0) is 52.3 Å². The van der Waals surface area contributed by atoms with E-state index in [4.69, 9.17) is 9.47 Å². The molecule has 0 aliphatic carbocycles. The van der Waals surface area contributed by atoms with Gasteiger partial charge in [0.2, 0.25) is 0 Å². The standard InChI is InChI=1S/C14H19NO4.C5H10.C2H6/c1-9(2)15-14(17)8-19-12-6-5-11(10(3)16)7-13(12)18-4;1-4-5(2)3;1-2/h5-7,9H,8H2,1-4H3,(H,15,17);2,4H2,1,3H3;1-2H3. The number of Topliss-reactive ketones (excluding diaryl/α,β-unsaturated/α-hetero) is 1. The molecule has 148 valence electrons. The first-order valence-corrected chi connectivity index (χ1v) is 8.96. The summed E-state index contributed by atoms with van der Waals surface area (Å²) in [5, 5.41) is 2.72. The van der Waals surface area contributed by atoms with E-state index in [0.717, 1.165) is 6.42 Å². The maximum absolute atomic E-state index is 11.5. The van der Waals surface area contributed by atoms with Crippen molar-refractivity contribution in [3.8, 4) is 11.5 Å². The molecule has 1 rings (SSSR count). The number of methoxy groups -OCH3 is 1. The van der Waals surface area contributed by atoms with Crippen LogP contribution in [-0.2, 0) is 4.79 Å². The van der Waals surface area contributed by atoms with Gasteiger partial charge in [0.25, 0.3) is 5.91 Å². The van der Waals surface area contributed by atoms with E-state index in [1.165, 1.54) is 19.6 Å². The Balaban J connectivity index is 0. The highest BCUT2D eigenvalue weighted by Gasteiger charge is 2.10. The zero-order valence-corrected chi connectivity index (χ0v) is 17.6. The van der Waals surface area contributed by atoms with Crippen LogP contribution in [0, 0.1) is 0 Å². The molecule has 0 bridgehead atoms.